The fraction of sp³-hybridized carbons (Fsp3) is 0.375. The zero-order valence-corrected chi connectivity index (χ0v) is 17.1. The number of ether oxygens (including phenoxy) is 2. The molecule has 0 saturated carbocycles. The molecular formula is C24H28N2O3. The first-order chi connectivity index (χ1) is 14.2. The van der Waals surface area contributed by atoms with Gasteiger partial charge in [0.05, 0.1) is 20.3 Å². The Hall–Kier alpha value is -2.79. The maximum Gasteiger partial charge on any atom is 0.161 e. The Kier molecular flexibility index (Phi) is 5.86. The number of nitrogens with zero attached hydrogens (tertiary/aromatic N) is 1. The Morgan fingerprint density at radius 2 is 2.10 bits per heavy atom. The molecule has 0 amide bonds. The number of carbonyl (C=O) groups excluding carboxylic acids is 1. The second kappa shape index (κ2) is 8.70. The van der Waals surface area contributed by atoms with Crippen LogP contribution in [0.5, 0.6) is 11.5 Å². The molecule has 0 aliphatic carbocycles. The van der Waals surface area contributed by atoms with Crippen molar-refractivity contribution in [1.29, 1.82) is 0 Å². The highest BCUT2D eigenvalue weighted by Crippen LogP contribution is 2.40. The summed E-state index contributed by atoms with van der Waals surface area (Å²) in [5.74, 6) is 1.56. The van der Waals surface area contributed by atoms with Gasteiger partial charge in [-0.2, -0.15) is 0 Å². The van der Waals surface area contributed by atoms with Crippen LogP contribution in [-0.4, -0.2) is 43.0 Å². The molecule has 1 atom stereocenters. The van der Waals surface area contributed by atoms with Gasteiger partial charge in [-0.25, -0.2) is 0 Å². The van der Waals surface area contributed by atoms with Crippen LogP contribution in [0.25, 0.3) is 10.9 Å². The topological polar surface area (TPSA) is 54.6 Å². The standard InChI is InChI=1S/C24H28N2O3/c1-3-29-24-15-20-17(14-23(24)28-2)10-11-26(12-13-27)22(20)9-8-18-16-25-21-7-5-4-6-19(18)21/h4-7,13-16,22,25H,3,8-12H2,1-2H3. The van der Waals surface area contributed by atoms with E-state index >= 15 is 0 Å². The predicted octanol–water partition coefficient (Wildman–Crippen LogP) is 4.31. The highest BCUT2D eigenvalue weighted by Gasteiger charge is 2.29. The Bertz CT molecular complexity index is 995. The van der Waals surface area contributed by atoms with E-state index in [-0.39, 0.29) is 6.04 Å². The summed E-state index contributed by atoms with van der Waals surface area (Å²) in [6.45, 7) is 3.90. The molecule has 5 nitrogen and oxygen atoms in total. The summed E-state index contributed by atoms with van der Waals surface area (Å²) in [5.41, 5.74) is 5.02. The number of rotatable bonds is 8. The molecule has 4 rings (SSSR count). The van der Waals surface area contributed by atoms with E-state index in [0.29, 0.717) is 13.2 Å². The van der Waals surface area contributed by atoms with Crippen molar-refractivity contribution in [2.45, 2.75) is 32.2 Å². The van der Waals surface area contributed by atoms with E-state index in [1.807, 2.05) is 6.92 Å². The molecule has 1 aromatic heterocycles. The molecule has 5 heteroatoms. The third kappa shape index (κ3) is 3.87. The summed E-state index contributed by atoms with van der Waals surface area (Å²) in [4.78, 5) is 17.0. The highest BCUT2D eigenvalue weighted by atomic mass is 16.5. The zero-order valence-electron chi connectivity index (χ0n) is 17.1. The number of aldehydes is 1. The van der Waals surface area contributed by atoms with Gasteiger partial charge in [0, 0.05) is 29.7 Å². The fourth-order valence-electron chi connectivity index (χ4n) is 4.47. The van der Waals surface area contributed by atoms with Gasteiger partial charge in [-0.15, -0.1) is 0 Å². The van der Waals surface area contributed by atoms with Crippen molar-refractivity contribution < 1.29 is 14.3 Å². The minimum absolute atomic E-state index is 0.183. The molecule has 0 radical (unpaired) electrons. The maximum atomic E-state index is 11.3. The van der Waals surface area contributed by atoms with Crippen molar-refractivity contribution in [3.05, 3.63) is 59.3 Å². The molecule has 0 fully saturated rings. The van der Waals surface area contributed by atoms with E-state index in [1.165, 1.54) is 27.6 Å². The monoisotopic (exact) mass is 392 g/mol. The third-order valence-electron chi connectivity index (χ3n) is 5.86. The molecular weight excluding hydrogens is 364 g/mol. The van der Waals surface area contributed by atoms with Crippen molar-refractivity contribution in [2.24, 2.45) is 0 Å². The number of methoxy groups -OCH3 is 1. The normalized spacial score (nSPS) is 16.6. The summed E-state index contributed by atoms with van der Waals surface area (Å²) in [7, 11) is 1.68. The second-order valence-electron chi connectivity index (χ2n) is 7.46. The van der Waals surface area contributed by atoms with Crippen LogP contribution in [0, 0.1) is 0 Å². The Balaban J connectivity index is 1.66. The van der Waals surface area contributed by atoms with Gasteiger partial charge >= 0.3 is 0 Å². The van der Waals surface area contributed by atoms with Crippen LogP contribution in [0.4, 0.5) is 0 Å². The summed E-state index contributed by atoms with van der Waals surface area (Å²) in [6.07, 6.45) is 5.92. The molecule has 0 bridgehead atoms. The highest BCUT2D eigenvalue weighted by molar-refractivity contribution is 5.83. The van der Waals surface area contributed by atoms with Gasteiger partial charge in [-0.3, -0.25) is 4.90 Å². The van der Waals surface area contributed by atoms with Gasteiger partial charge in [-0.05, 0) is 61.1 Å². The first-order valence-electron chi connectivity index (χ1n) is 10.3. The lowest BCUT2D eigenvalue weighted by atomic mass is 9.88. The van der Waals surface area contributed by atoms with Gasteiger partial charge in [0.15, 0.2) is 11.5 Å². The van der Waals surface area contributed by atoms with Crippen LogP contribution >= 0.6 is 0 Å². The van der Waals surface area contributed by atoms with Crippen molar-refractivity contribution >= 4 is 17.2 Å². The van der Waals surface area contributed by atoms with Gasteiger partial charge in [0.2, 0.25) is 0 Å². The molecule has 29 heavy (non-hydrogen) atoms. The van der Waals surface area contributed by atoms with Gasteiger partial charge in [0.1, 0.15) is 6.29 Å². The van der Waals surface area contributed by atoms with Crippen LogP contribution in [0.2, 0.25) is 0 Å². The van der Waals surface area contributed by atoms with Crippen molar-refractivity contribution in [2.75, 3.05) is 26.8 Å². The lowest BCUT2D eigenvalue weighted by molar-refractivity contribution is -0.109. The fourth-order valence-corrected chi connectivity index (χ4v) is 4.47. The minimum atomic E-state index is 0.183. The molecule has 1 unspecified atom stereocenters. The summed E-state index contributed by atoms with van der Waals surface area (Å²) in [6, 6.07) is 12.8. The van der Waals surface area contributed by atoms with Gasteiger partial charge in [-0.1, -0.05) is 18.2 Å². The van der Waals surface area contributed by atoms with E-state index < -0.39 is 0 Å². The molecule has 1 aliphatic heterocycles. The summed E-state index contributed by atoms with van der Waals surface area (Å²) >= 11 is 0. The average Bonchev–Trinajstić information content (AvgIpc) is 3.16. The van der Waals surface area contributed by atoms with Crippen LogP contribution in [0.1, 0.15) is 36.1 Å². The Morgan fingerprint density at radius 1 is 1.24 bits per heavy atom. The van der Waals surface area contributed by atoms with Crippen molar-refractivity contribution in [3.63, 3.8) is 0 Å². The number of benzene rings is 2. The minimum Gasteiger partial charge on any atom is -0.493 e. The quantitative estimate of drug-likeness (QED) is 0.581. The smallest absolute Gasteiger partial charge is 0.161 e. The summed E-state index contributed by atoms with van der Waals surface area (Å²) in [5, 5.41) is 1.27. The van der Waals surface area contributed by atoms with E-state index in [4.69, 9.17) is 9.47 Å². The second-order valence-corrected chi connectivity index (χ2v) is 7.46. The zero-order chi connectivity index (χ0) is 20.2. The number of nitrogens with one attached hydrogen (secondary N) is 1. The molecule has 0 saturated heterocycles. The lowest BCUT2D eigenvalue weighted by Crippen LogP contribution is -2.37. The SMILES string of the molecule is CCOc1cc2c(cc1OC)CCN(CC=O)C2CCc1c[nH]c2ccccc12. The molecule has 3 aromatic rings. The van der Waals surface area contributed by atoms with Crippen LogP contribution in [0.15, 0.2) is 42.6 Å². The number of fused-ring (bicyclic) bond motifs is 2. The van der Waals surface area contributed by atoms with Crippen molar-refractivity contribution in [3.8, 4) is 11.5 Å². The predicted molar refractivity (Wildman–Crippen MR) is 115 cm³/mol. The Labute approximate surface area is 171 Å². The number of H-pyrrole nitrogens is 1. The molecule has 2 aromatic carbocycles. The molecule has 152 valence electrons. The third-order valence-corrected chi connectivity index (χ3v) is 5.86. The molecule has 1 aliphatic rings. The number of hydrogen-bond donors (Lipinski definition) is 1. The van der Waals surface area contributed by atoms with E-state index in [0.717, 1.165) is 43.6 Å². The van der Waals surface area contributed by atoms with E-state index in [9.17, 15) is 4.79 Å². The average molecular weight is 392 g/mol. The number of aromatic amines is 1. The lowest BCUT2D eigenvalue weighted by Gasteiger charge is -2.37. The van der Waals surface area contributed by atoms with Crippen LogP contribution in [0.3, 0.4) is 0 Å². The molecule has 0 spiro atoms. The first kappa shape index (κ1) is 19.5. The number of carbonyl (C=O) groups is 1. The van der Waals surface area contributed by atoms with Crippen molar-refractivity contribution in [1.82, 2.24) is 9.88 Å². The van der Waals surface area contributed by atoms with E-state index in [1.54, 1.807) is 7.11 Å². The Morgan fingerprint density at radius 3 is 2.90 bits per heavy atom. The van der Waals surface area contributed by atoms with Crippen LogP contribution < -0.4 is 9.47 Å². The summed E-state index contributed by atoms with van der Waals surface area (Å²) < 4.78 is 11.4. The number of para-hydroxylation sites is 1. The van der Waals surface area contributed by atoms with Crippen LogP contribution in [-0.2, 0) is 17.6 Å². The van der Waals surface area contributed by atoms with E-state index in [2.05, 4.69) is 52.5 Å². The van der Waals surface area contributed by atoms with Gasteiger partial charge in [0.25, 0.3) is 0 Å². The number of aryl methyl sites for hydroxylation is 1. The maximum absolute atomic E-state index is 11.3. The molecule has 1 N–H and O–H groups in total. The first-order valence-corrected chi connectivity index (χ1v) is 10.3. The van der Waals surface area contributed by atoms with Gasteiger partial charge < -0.3 is 19.3 Å². The molecule has 2 heterocycles. The number of hydrogen-bond acceptors (Lipinski definition) is 4. The number of aromatic nitrogens is 1. The largest absolute Gasteiger partial charge is 0.493 e.